The number of thioether (sulfide) groups is 1. The molecule has 4 aromatic rings. The zero-order chi connectivity index (χ0) is 29.4. The third-order valence-electron chi connectivity index (χ3n) is 5.97. The van der Waals surface area contributed by atoms with Crippen LogP contribution in [-0.2, 0) is 11.0 Å². The molecule has 2 N–H and O–H groups in total. The van der Waals surface area contributed by atoms with Crippen LogP contribution in [0, 0.1) is 0 Å². The van der Waals surface area contributed by atoms with E-state index in [0.29, 0.717) is 11.3 Å². The van der Waals surface area contributed by atoms with Gasteiger partial charge in [0.1, 0.15) is 0 Å². The third kappa shape index (κ3) is 7.82. The molecule has 0 unspecified atom stereocenters. The Morgan fingerprint density at radius 2 is 1.83 bits per heavy atom. The van der Waals surface area contributed by atoms with Gasteiger partial charge in [0.05, 0.1) is 28.5 Å². The number of rotatable bonds is 10. The lowest BCUT2D eigenvalue weighted by atomic mass is 10.0. The zero-order valence-electron chi connectivity index (χ0n) is 22.2. The number of aromatic nitrogens is 2. The molecule has 1 atom stereocenters. The summed E-state index contributed by atoms with van der Waals surface area (Å²) in [6, 6.07) is 16.1. The number of carbonyl (C=O) groups is 2. The summed E-state index contributed by atoms with van der Waals surface area (Å²) in [5, 5.41) is 7.27. The highest BCUT2D eigenvalue weighted by atomic mass is 32.2. The molecular formula is C29H27F3N6O2S. The predicted molar refractivity (Wildman–Crippen MR) is 154 cm³/mol. The van der Waals surface area contributed by atoms with Gasteiger partial charge in [0.15, 0.2) is 0 Å². The topological polar surface area (TPSA) is 99.6 Å². The van der Waals surface area contributed by atoms with Crippen LogP contribution >= 0.6 is 11.8 Å². The number of pyridine rings is 2. The summed E-state index contributed by atoms with van der Waals surface area (Å²) in [5.41, 5.74) is 1.90. The van der Waals surface area contributed by atoms with Crippen molar-refractivity contribution in [2.45, 2.75) is 23.5 Å². The lowest BCUT2D eigenvalue weighted by Gasteiger charge is -2.24. The standard InChI is InChI=1S/C29H27F3N6O2S/c1-38(2)25(39)14-20(18-41-21-9-4-3-5-10-21)36-26-22-11-6-12-24(29(30,31)32)27(22)34-17-23(26)28(40)37-35-16-19-8-7-13-33-15-19/h3-13,15-17,20H,14,18H2,1-2H3,(H,34,36)(H,37,40)/b35-16+/t20-/m1/s1. The van der Waals surface area contributed by atoms with E-state index in [9.17, 15) is 22.8 Å². The Bertz CT molecular complexity index is 1530. The summed E-state index contributed by atoms with van der Waals surface area (Å²) in [5.74, 6) is -0.475. The maximum absolute atomic E-state index is 13.9. The number of halogens is 3. The molecule has 0 spiro atoms. The fraction of sp³-hybridized carbons (Fsp3) is 0.207. The van der Waals surface area contributed by atoms with Crippen molar-refractivity contribution in [3.8, 4) is 0 Å². The van der Waals surface area contributed by atoms with Crippen LogP contribution in [0.4, 0.5) is 18.9 Å². The first-order chi connectivity index (χ1) is 19.6. The summed E-state index contributed by atoms with van der Waals surface area (Å²) in [4.78, 5) is 36.4. The van der Waals surface area contributed by atoms with E-state index in [1.807, 2.05) is 30.3 Å². The van der Waals surface area contributed by atoms with Crippen molar-refractivity contribution in [3.05, 3.63) is 95.9 Å². The lowest BCUT2D eigenvalue weighted by Crippen LogP contribution is -2.33. The molecule has 0 bridgehead atoms. The fourth-order valence-electron chi connectivity index (χ4n) is 3.92. The van der Waals surface area contributed by atoms with E-state index in [0.717, 1.165) is 17.2 Å². The van der Waals surface area contributed by atoms with Gasteiger partial charge in [0.25, 0.3) is 5.91 Å². The first-order valence-corrected chi connectivity index (χ1v) is 13.5. The van der Waals surface area contributed by atoms with Crippen molar-refractivity contribution in [1.82, 2.24) is 20.3 Å². The van der Waals surface area contributed by atoms with E-state index >= 15 is 0 Å². The van der Waals surface area contributed by atoms with Gasteiger partial charge in [-0.3, -0.25) is 19.6 Å². The number of alkyl halides is 3. The van der Waals surface area contributed by atoms with E-state index < -0.39 is 23.7 Å². The Hall–Kier alpha value is -4.45. The molecule has 2 heterocycles. The molecular weight excluding hydrogens is 553 g/mol. The number of nitrogens with one attached hydrogen (secondary N) is 2. The smallest absolute Gasteiger partial charge is 0.380 e. The molecule has 0 saturated carbocycles. The van der Waals surface area contributed by atoms with E-state index in [1.54, 1.807) is 38.6 Å². The number of amides is 2. The normalized spacial score (nSPS) is 12.3. The summed E-state index contributed by atoms with van der Waals surface area (Å²) in [7, 11) is 3.25. The summed E-state index contributed by atoms with van der Waals surface area (Å²) in [6.45, 7) is 0. The molecule has 0 saturated heterocycles. The molecule has 12 heteroatoms. The van der Waals surface area contributed by atoms with E-state index in [2.05, 4.69) is 25.8 Å². The average Bonchev–Trinajstić information content (AvgIpc) is 2.96. The molecule has 0 aliphatic heterocycles. The fourth-order valence-corrected chi connectivity index (χ4v) is 4.86. The maximum atomic E-state index is 13.9. The van der Waals surface area contributed by atoms with Gasteiger partial charge in [-0.15, -0.1) is 11.8 Å². The highest BCUT2D eigenvalue weighted by Gasteiger charge is 2.34. The number of anilines is 1. The van der Waals surface area contributed by atoms with Crippen LogP contribution in [0.3, 0.4) is 0 Å². The second kappa shape index (κ2) is 13.3. The molecule has 4 rings (SSSR count). The predicted octanol–water partition coefficient (Wildman–Crippen LogP) is 5.46. The minimum Gasteiger partial charge on any atom is -0.380 e. The summed E-state index contributed by atoms with van der Waals surface area (Å²) >= 11 is 1.48. The van der Waals surface area contributed by atoms with E-state index in [1.165, 1.54) is 35.0 Å². The molecule has 2 aromatic heterocycles. The number of fused-ring (bicyclic) bond motifs is 1. The van der Waals surface area contributed by atoms with Crippen molar-refractivity contribution in [2.24, 2.45) is 5.10 Å². The minimum absolute atomic E-state index is 0.0211. The van der Waals surface area contributed by atoms with Crippen molar-refractivity contribution < 1.29 is 22.8 Å². The Morgan fingerprint density at radius 1 is 1.05 bits per heavy atom. The second-order valence-corrected chi connectivity index (χ2v) is 10.3. The Kier molecular flexibility index (Phi) is 9.56. The Balaban J connectivity index is 1.73. The average molecular weight is 581 g/mol. The first-order valence-electron chi connectivity index (χ1n) is 12.5. The molecule has 8 nitrogen and oxygen atoms in total. The highest BCUT2D eigenvalue weighted by molar-refractivity contribution is 7.99. The zero-order valence-corrected chi connectivity index (χ0v) is 23.0. The van der Waals surface area contributed by atoms with Crippen LogP contribution < -0.4 is 10.7 Å². The van der Waals surface area contributed by atoms with Gasteiger partial charge in [-0.1, -0.05) is 36.4 Å². The molecule has 41 heavy (non-hydrogen) atoms. The Morgan fingerprint density at radius 3 is 2.51 bits per heavy atom. The monoisotopic (exact) mass is 580 g/mol. The van der Waals surface area contributed by atoms with Crippen LogP contribution in [0.25, 0.3) is 10.9 Å². The number of benzene rings is 2. The molecule has 2 aromatic carbocycles. The minimum atomic E-state index is -4.66. The van der Waals surface area contributed by atoms with Crippen molar-refractivity contribution in [1.29, 1.82) is 0 Å². The molecule has 0 aliphatic rings. The maximum Gasteiger partial charge on any atom is 0.418 e. The van der Waals surface area contributed by atoms with Crippen molar-refractivity contribution in [3.63, 3.8) is 0 Å². The second-order valence-electron chi connectivity index (χ2n) is 9.19. The molecule has 0 aliphatic carbocycles. The van der Waals surface area contributed by atoms with E-state index in [-0.39, 0.29) is 34.5 Å². The van der Waals surface area contributed by atoms with Gasteiger partial charge in [0, 0.05) is 66.7 Å². The first kappa shape index (κ1) is 29.5. The number of hydrogen-bond acceptors (Lipinski definition) is 7. The van der Waals surface area contributed by atoms with Crippen molar-refractivity contribution in [2.75, 3.05) is 25.2 Å². The van der Waals surface area contributed by atoms with Gasteiger partial charge < -0.3 is 10.2 Å². The molecule has 212 valence electrons. The molecule has 2 amide bonds. The van der Waals surface area contributed by atoms with Crippen LogP contribution in [0.2, 0.25) is 0 Å². The molecule has 0 fully saturated rings. The SMILES string of the molecule is CN(C)C(=O)C[C@H](CSc1ccccc1)Nc1c(C(=O)N/N=C/c2cccnc2)cnc2c(C(F)(F)F)cccc12. The Labute approximate surface area is 239 Å². The van der Waals surface area contributed by atoms with Crippen LogP contribution in [-0.4, -0.2) is 58.8 Å². The number of hydrogen-bond donors (Lipinski definition) is 2. The van der Waals surface area contributed by atoms with Gasteiger partial charge in [-0.2, -0.15) is 18.3 Å². The van der Waals surface area contributed by atoms with Gasteiger partial charge >= 0.3 is 6.18 Å². The van der Waals surface area contributed by atoms with E-state index in [4.69, 9.17) is 0 Å². The number of carbonyl (C=O) groups excluding carboxylic acids is 2. The van der Waals surface area contributed by atoms with Crippen molar-refractivity contribution >= 4 is 46.4 Å². The largest absolute Gasteiger partial charge is 0.418 e. The molecule has 0 radical (unpaired) electrons. The van der Waals surface area contributed by atoms with Gasteiger partial charge in [0.2, 0.25) is 5.91 Å². The summed E-state index contributed by atoms with van der Waals surface area (Å²) in [6.07, 6.45) is 1.00. The van der Waals surface area contributed by atoms with Crippen LogP contribution in [0.15, 0.2) is 89.3 Å². The van der Waals surface area contributed by atoms with Gasteiger partial charge in [-0.05, 0) is 24.3 Å². The summed E-state index contributed by atoms with van der Waals surface area (Å²) < 4.78 is 41.6. The quantitative estimate of drug-likeness (QED) is 0.147. The third-order valence-corrected chi connectivity index (χ3v) is 7.15. The number of para-hydroxylation sites is 1. The lowest BCUT2D eigenvalue weighted by molar-refractivity contribution is -0.136. The van der Waals surface area contributed by atoms with Crippen LogP contribution in [0.1, 0.15) is 27.9 Å². The highest BCUT2D eigenvalue weighted by Crippen LogP contribution is 2.37. The van der Waals surface area contributed by atoms with Crippen LogP contribution in [0.5, 0.6) is 0 Å². The number of nitrogens with zero attached hydrogens (tertiary/aromatic N) is 4. The number of hydrazone groups is 1. The van der Waals surface area contributed by atoms with Gasteiger partial charge in [-0.25, -0.2) is 5.43 Å².